The van der Waals surface area contributed by atoms with Crippen LogP contribution >= 0.6 is 0 Å². The van der Waals surface area contributed by atoms with Crippen molar-refractivity contribution in [3.8, 4) is 16.9 Å². The Bertz CT molecular complexity index is 1420. The number of para-hydroxylation sites is 1. The second-order valence-electron chi connectivity index (χ2n) is 9.30. The number of amides is 2. The van der Waals surface area contributed by atoms with Crippen molar-refractivity contribution in [3.05, 3.63) is 108 Å². The van der Waals surface area contributed by atoms with E-state index in [9.17, 15) is 9.59 Å². The molecule has 0 saturated carbocycles. The third-order valence-electron chi connectivity index (χ3n) is 6.22. The molecule has 1 fully saturated rings. The molecular weight excluding hydrogens is 478 g/mol. The molecule has 4 aromatic rings. The molecule has 2 aromatic heterocycles. The van der Waals surface area contributed by atoms with Gasteiger partial charge in [0.15, 0.2) is 0 Å². The van der Waals surface area contributed by atoms with Crippen LogP contribution in [-0.4, -0.2) is 56.8 Å². The number of nitrogens with one attached hydrogen (secondary N) is 1. The fourth-order valence-electron chi connectivity index (χ4n) is 4.54. The van der Waals surface area contributed by atoms with E-state index in [2.05, 4.69) is 10.3 Å². The zero-order chi connectivity index (χ0) is 26.5. The van der Waals surface area contributed by atoms with E-state index in [1.807, 2.05) is 68.6 Å². The molecular formula is C30H29N5O3. The van der Waals surface area contributed by atoms with Gasteiger partial charge in [0.05, 0.1) is 17.9 Å². The van der Waals surface area contributed by atoms with Gasteiger partial charge in [0.1, 0.15) is 11.4 Å². The van der Waals surface area contributed by atoms with Crippen LogP contribution in [0.25, 0.3) is 23.0 Å². The maximum atomic E-state index is 13.8. The Kier molecular flexibility index (Phi) is 7.42. The lowest BCUT2D eigenvalue weighted by atomic mass is 10.1. The summed E-state index contributed by atoms with van der Waals surface area (Å²) in [6.07, 6.45) is 6.75. The lowest BCUT2D eigenvalue weighted by molar-refractivity contribution is -0.139. The van der Waals surface area contributed by atoms with Crippen molar-refractivity contribution in [2.45, 2.75) is 26.1 Å². The molecule has 38 heavy (non-hydrogen) atoms. The summed E-state index contributed by atoms with van der Waals surface area (Å²) >= 11 is 0. The topological polar surface area (TPSA) is 89.4 Å². The summed E-state index contributed by atoms with van der Waals surface area (Å²) in [5.41, 5.74) is 3.61. The van der Waals surface area contributed by atoms with Crippen LogP contribution in [0, 0.1) is 0 Å². The molecule has 2 atom stereocenters. The predicted octanol–water partition coefficient (Wildman–Crippen LogP) is 4.34. The molecule has 0 unspecified atom stereocenters. The van der Waals surface area contributed by atoms with Gasteiger partial charge in [-0.1, -0.05) is 36.4 Å². The van der Waals surface area contributed by atoms with Crippen LogP contribution in [0.15, 0.2) is 97.1 Å². The first-order valence-corrected chi connectivity index (χ1v) is 12.6. The van der Waals surface area contributed by atoms with Gasteiger partial charge in [0, 0.05) is 48.4 Å². The Hall–Kier alpha value is -4.56. The van der Waals surface area contributed by atoms with E-state index in [0.29, 0.717) is 29.9 Å². The van der Waals surface area contributed by atoms with E-state index in [1.54, 1.807) is 52.3 Å². The number of hydrogen-bond acceptors (Lipinski definition) is 5. The van der Waals surface area contributed by atoms with Gasteiger partial charge in [0.2, 0.25) is 0 Å². The quantitative estimate of drug-likeness (QED) is 0.392. The van der Waals surface area contributed by atoms with Crippen LogP contribution in [0.3, 0.4) is 0 Å². The molecule has 1 saturated heterocycles. The molecule has 5 rings (SSSR count). The Morgan fingerprint density at radius 2 is 1.63 bits per heavy atom. The second-order valence-corrected chi connectivity index (χ2v) is 9.30. The van der Waals surface area contributed by atoms with Crippen molar-refractivity contribution in [1.29, 1.82) is 0 Å². The highest BCUT2D eigenvalue weighted by atomic mass is 16.5. The van der Waals surface area contributed by atoms with E-state index in [4.69, 9.17) is 9.84 Å². The van der Waals surface area contributed by atoms with E-state index >= 15 is 0 Å². The number of rotatable bonds is 6. The summed E-state index contributed by atoms with van der Waals surface area (Å²) in [6, 6.07) is 22.3. The molecule has 0 radical (unpaired) electrons. The lowest BCUT2D eigenvalue weighted by Crippen LogP contribution is -2.50. The maximum absolute atomic E-state index is 13.8. The normalized spacial score (nSPS) is 17.7. The van der Waals surface area contributed by atoms with Gasteiger partial charge in [-0.05, 0) is 56.3 Å². The summed E-state index contributed by atoms with van der Waals surface area (Å²) in [7, 11) is 0. The molecule has 3 heterocycles. The smallest absolute Gasteiger partial charge is 0.270 e. The minimum absolute atomic E-state index is 0.111. The zero-order valence-electron chi connectivity index (χ0n) is 21.3. The fraction of sp³-hybridized carbons (Fsp3) is 0.200. The van der Waals surface area contributed by atoms with Crippen LogP contribution in [-0.2, 0) is 9.53 Å². The van der Waals surface area contributed by atoms with Crippen LogP contribution in [0.4, 0.5) is 0 Å². The molecule has 1 N–H and O–H groups in total. The first-order valence-electron chi connectivity index (χ1n) is 12.6. The standard InChI is InChI=1S/C30H29N5O3/c1-21-18-34(19-22(2)38-21)30(37)27(32-29(36)23-10-5-3-6-11-23)16-25-20-35(26-13-7-4-8-14-26)33-28(25)24-12-9-15-31-17-24/h3-17,20-22H,18-19H2,1-2H3,(H,32,36)/b27-16-/t21-,22-/m1/s1. The molecule has 8 nitrogen and oxygen atoms in total. The highest BCUT2D eigenvalue weighted by molar-refractivity contribution is 6.05. The van der Waals surface area contributed by atoms with Crippen LogP contribution in [0.2, 0.25) is 0 Å². The molecule has 1 aliphatic rings. The van der Waals surface area contributed by atoms with Crippen molar-refractivity contribution in [2.24, 2.45) is 0 Å². The van der Waals surface area contributed by atoms with Gasteiger partial charge in [-0.2, -0.15) is 5.10 Å². The third kappa shape index (κ3) is 5.71. The van der Waals surface area contributed by atoms with Gasteiger partial charge < -0.3 is 15.0 Å². The van der Waals surface area contributed by atoms with Gasteiger partial charge in [-0.3, -0.25) is 14.6 Å². The van der Waals surface area contributed by atoms with Gasteiger partial charge in [-0.15, -0.1) is 0 Å². The summed E-state index contributed by atoms with van der Waals surface area (Å²) in [5.74, 6) is -0.640. The van der Waals surface area contributed by atoms with E-state index in [0.717, 1.165) is 11.3 Å². The molecule has 2 aromatic carbocycles. The Morgan fingerprint density at radius 3 is 2.29 bits per heavy atom. The van der Waals surface area contributed by atoms with Crippen LogP contribution < -0.4 is 5.32 Å². The monoisotopic (exact) mass is 507 g/mol. The number of morpholine rings is 1. The average molecular weight is 508 g/mol. The van der Waals surface area contributed by atoms with E-state index in [-0.39, 0.29) is 29.7 Å². The summed E-state index contributed by atoms with van der Waals surface area (Å²) in [5, 5.41) is 7.69. The lowest BCUT2D eigenvalue weighted by Gasteiger charge is -2.35. The molecule has 1 aliphatic heterocycles. The molecule has 0 aliphatic carbocycles. The highest BCUT2D eigenvalue weighted by Gasteiger charge is 2.29. The Morgan fingerprint density at radius 1 is 0.947 bits per heavy atom. The number of aromatic nitrogens is 3. The highest BCUT2D eigenvalue weighted by Crippen LogP contribution is 2.26. The Labute approximate surface area is 221 Å². The van der Waals surface area contributed by atoms with Crippen molar-refractivity contribution < 1.29 is 14.3 Å². The first kappa shape index (κ1) is 25.1. The van der Waals surface area contributed by atoms with Crippen molar-refractivity contribution in [1.82, 2.24) is 25.0 Å². The minimum atomic E-state index is -0.363. The first-order chi connectivity index (χ1) is 18.5. The van der Waals surface area contributed by atoms with E-state index in [1.165, 1.54) is 0 Å². The van der Waals surface area contributed by atoms with Crippen molar-refractivity contribution in [3.63, 3.8) is 0 Å². The van der Waals surface area contributed by atoms with Crippen molar-refractivity contribution in [2.75, 3.05) is 13.1 Å². The summed E-state index contributed by atoms with van der Waals surface area (Å²) in [4.78, 5) is 33.0. The minimum Gasteiger partial charge on any atom is -0.372 e. The maximum Gasteiger partial charge on any atom is 0.270 e. The van der Waals surface area contributed by atoms with Gasteiger partial charge in [0.25, 0.3) is 11.8 Å². The molecule has 0 bridgehead atoms. The number of carbonyl (C=O) groups is 2. The predicted molar refractivity (Wildman–Crippen MR) is 145 cm³/mol. The number of ether oxygens (including phenoxy) is 1. The number of hydrogen-bond donors (Lipinski definition) is 1. The fourth-order valence-corrected chi connectivity index (χ4v) is 4.54. The Balaban J connectivity index is 1.59. The van der Waals surface area contributed by atoms with Crippen LogP contribution in [0.5, 0.6) is 0 Å². The van der Waals surface area contributed by atoms with E-state index < -0.39 is 0 Å². The molecule has 8 heteroatoms. The van der Waals surface area contributed by atoms with Gasteiger partial charge >= 0.3 is 0 Å². The third-order valence-corrected chi connectivity index (χ3v) is 6.22. The second kappa shape index (κ2) is 11.2. The van der Waals surface area contributed by atoms with Crippen LogP contribution in [0.1, 0.15) is 29.8 Å². The summed E-state index contributed by atoms with van der Waals surface area (Å²) < 4.78 is 7.58. The SMILES string of the molecule is C[C@@H]1CN(C(=O)/C(=C/c2cn(-c3ccccc3)nc2-c2cccnc2)NC(=O)c2ccccc2)C[C@@H](C)O1. The molecule has 2 amide bonds. The largest absolute Gasteiger partial charge is 0.372 e. The summed E-state index contributed by atoms with van der Waals surface area (Å²) in [6.45, 7) is 4.74. The van der Waals surface area contributed by atoms with Crippen molar-refractivity contribution >= 4 is 17.9 Å². The van der Waals surface area contributed by atoms with Gasteiger partial charge in [-0.25, -0.2) is 4.68 Å². The zero-order valence-corrected chi connectivity index (χ0v) is 21.3. The number of benzene rings is 2. The number of pyridine rings is 1. The molecule has 192 valence electrons. The molecule has 0 spiro atoms. The number of carbonyl (C=O) groups excluding carboxylic acids is 2. The number of nitrogens with zero attached hydrogens (tertiary/aromatic N) is 4. The average Bonchev–Trinajstić information content (AvgIpc) is 3.37.